The molecule has 0 bridgehead atoms. The highest BCUT2D eigenvalue weighted by Crippen LogP contribution is 2.41. The van der Waals surface area contributed by atoms with Crippen molar-refractivity contribution in [2.75, 3.05) is 0 Å². The first-order valence-electron chi connectivity index (χ1n) is 10.6. The van der Waals surface area contributed by atoms with Crippen LogP contribution in [-0.4, -0.2) is 32.8 Å². The number of carbonyl (C=O) groups is 2. The Morgan fingerprint density at radius 1 is 1.16 bits per heavy atom. The van der Waals surface area contributed by atoms with Gasteiger partial charge in [-0.3, -0.25) is 9.69 Å². The molecule has 2 aromatic carbocycles. The number of imidazole rings is 1. The second kappa shape index (κ2) is 8.51. The SMILES string of the molecule is C[C@H](c1ccccc1)[C@@H](c1ncc(-c2ccc(I)cc2Cl)[nH]1)N1C(=O)N[C@H](C2CC2)C1=O. The molecule has 2 fully saturated rings. The summed E-state index contributed by atoms with van der Waals surface area (Å²) in [4.78, 5) is 35.6. The maximum absolute atomic E-state index is 13.3. The lowest BCUT2D eigenvalue weighted by Gasteiger charge is -2.29. The molecule has 1 aromatic heterocycles. The Balaban J connectivity index is 1.55. The lowest BCUT2D eigenvalue weighted by Crippen LogP contribution is -2.38. The van der Waals surface area contributed by atoms with E-state index in [9.17, 15) is 9.59 Å². The zero-order valence-corrected chi connectivity index (χ0v) is 20.3. The van der Waals surface area contributed by atoms with Crippen LogP contribution in [-0.2, 0) is 4.79 Å². The quantitative estimate of drug-likeness (QED) is 0.308. The summed E-state index contributed by atoms with van der Waals surface area (Å²) in [6.45, 7) is 2.02. The Bertz CT molecular complexity index is 1180. The van der Waals surface area contributed by atoms with Crippen LogP contribution >= 0.6 is 34.2 Å². The average Bonchev–Trinajstić information content (AvgIpc) is 3.44. The molecule has 1 saturated carbocycles. The Labute approximate surface area is 204 Å². The number of aromatic nitrogens is 2. The van der Waals surface area contributed by atoms with Gasteiger partial charge in [0.1, 0.15) is 17.9 Å². The van der Waals surface area contributed by atoms with E-state index in [2.05, 4.69) is 37.9 Å². The van der Waals surface area contributed by atoms with Gasteiger partial charge in [-0.05, 0) is 59.0 Å². The van der Waals surface area contributed by atoms with E-state index in [1.165, 1.54) is 4.90 Å². The molecular weight excluding hydrogens is 539 g/mol. The minimum Gasteiger partial charge on any atom is -0.340 e. The topological polar surface area (TPSA) is 78.1 Å². The fourth-order valence-corrected chi connectivity index (χ4v) is 5.34. The van der Waals surface area contributed by atoms with Gasteiger partial charge in [0, 0.05) is 15.1 Å². The molecule has 8 heteroatoms. The molecule has 2 aliphatic rings. The van der Waals surface area contributed by atoms with Crippen molar-refractivity contribution in [3.05, 3.63) is 74.7 Å². The largest absolute Gasteiger partial charge is 0.340 e. The highest BCUT2D eigenvalue weighted by Gasteiger charge is 2.50. The maximum Gasteiger partial charge on any atom is 0.325 e. The monoisotopic (exact) mass is 560 g/mol. The van der Waals surface area contributed by atoms with Crippen LogP contribution in [0.25, 0.3) is 11.3 Å². The van der Waals surface area contributed by atoms with Crippen molar-refractivity contribution in [2.24, 2.45) is 5.92 Å². The molecular formula is C24H22ClIN4O2. The Morgan fingerprint density at radius 3 is 2.59 bits per heavy atom. The van der Waals surface area contributed by atoms with Gasteiger partial charge in [0.15, 0.2) is 0 Å². The zero-order chi connectivity index (χ0) is 22.4. The number of nitrogens with one attached hydrogen (secondary N) is 2. The third-order valence-corrected chi connectivity index (χ3v) is 7.25. The van der Waals surface area contributed by atoms with Crippen molar-refractivity contribution in [3.8, 4) is 11.3 Å². The minimum absolute atomic E-state index is 0.157. The summed E-state index contributed by atoms with van der Waals surface area (Å²) in [5.74, 6) is 0.471. The summed E-state index contributed by atoms with van der Waals surface area (Å²) in [7, 11) is 0. The van der Waals surface area contributed by atoms with Gasteiger partial charge >= 0.3 is 6.03 Å². The van der Waals surface area contributed by atoms with Crippen LogP contribution in [0.1, 0.15) is 43.1 Å². The van der Waals surface area contributed by atoms with Gasteiger partial charge in [0.05, 0.1) is 16.9 Å². The van der Waals surface area contributed by atoms with Gasteiger partial charge in [0.2, 0.25) is 0 Å². The summed E-state index contributed by atoms with van der Waals surface area (Å²) in [5.41, 5.74) is 2.60. The zero-order valence-electron chi connectivity index (χ0n) is 17.4. The van der Waals surface area contributed by atoms with Crippen LogP contribution < -0.4 is 5.32 Å². The first kappa shape index (κ1) is 21.5. The lowest BCUT2D eigenvalue weighted by molar-refractivity contribution is -0.130. The Kier molecular flexibility index (Phi) is 5.71. The van der Waals surface area contributed by atoms with Crippen molar-refractivity contribution < 1.29 is 9.59 Å². The highest BCUT2D eigenvalue weighted by atomic mass is 127. The fourth-order valence-electron chi connectivity index (χ4n) is 4.38. The Morgan fingerprint density at radius 2 is 1.91 bits per heavy atom. The van der Waals surface area contributed by atoms with Gasteiger partial charge < -0.3 is 10.3 Å². The molecule has 2 heterocycles. The molecule has 6 nitrogen and oxygen atoms in total. The molecule has 3 atom stereocenters. The molecule has 1 saturated heterocycles. The van der Waals surface area contributed by atoms with Crippen LogP contribution in [0.2, 0.25) is 5.02 Å². The van der Waals surface area contributed by atoms with E-state index in [0.29, 0.717) is 10.8 Å². The summed E-state index contributed by atoms with van der Waals surface area (Å²) in [6, 6.07) is 14.3. The van der Waals surface area contributed by atoms with E-state index < -0.39 is 12.1 Å². The van der Waals surface area contributed by atoms with Gasteiger partial charge in [-0.2, -0.15) is 0 Å². The fraction of sp³-hybridized carbons (Fsp3) is 0.292. The number of halogens is 2. The van der Waals surface area contributed by atoms with Crippen LogP contribution in [0.3, 0.4) is 0 Å². The number of hydrogen-bond acceptors (Lipinski definition) is 3. The number of H-pyrrole nitrogens is 1. The number of aromatic amines is 1. The number of amides is 3. The van der Waals surface area contributed by atoms with Gasteiger partial charge in [0.25, 0.3) is 5.91 Å². The molecule has 1 aliphatic carbocycles. The minimum atomic E-state index is -0.565. The summed E-state index contributed by atoms with van der Waals surface area (Å²) < 4.78 is 1.04. The normalized spacial score (nSPS) is 20.3. The maximum atomic E-state index is 13.3. The molecule has 5 rings (SSSR count). The van der Waals surface area contributed by atoms with Gasteiger partial charge in [-0.15, -0.1) is 0 Å². The van der Waals surface area contributed by atoms with Crippen molar-refractivity contribution in [1.82, 2.24) is 20.2 Å². The average molecular weight is 561 g/mol. The second-order valence-corrected chi connectivity index (χ2v) is 10.1. The predicted octanol–water partition coefficient (Wildman–Crippen LogP) is 5.51. The summed E-state index contributed by atoms with van der Waals surface area (Å²) >= 11 is 8.68. The van der Waals surface area contributed by atoms with E-state index in [4.69, 9.17) is 11.6 Å². The molecule has 164 valence electrons. The first-order valence-corrected chi connectivity index (χ1v) is 12.1. The Hall–Kier alpha value is -2.39. The number of benzene rings is 2. The second-order valence-electron chi connectivity index (χ2n) is 8.42. The van der Waals surface area contributed by atoms with Crippen LogP contribution in [0, 0.1) is 9.49 Å². The number of carbonyl (C=O) groups excluding carboxylic acids is 2. The van der Waals surface area contributed by atoms with Crippen molar-refractivity contribution in [1.29, 1.82) is 0 Å². The third kappa shape index (κ3) is 3.92. The molecule has 0 radical (unpaired) electrons. The van der Waals surface area contributed by atoms with Crippen molar-refractivity contribution >= 4 is 46.1 Å². The molecule has 32 heavy (non-hydrogen) atoms. The molecule has 3 aromatic rings. The summed E-state index contributed by atoms with van der Waals surface area (Å²) in [6.07, 6.45) is 3.66. The van der Waals surface area contributed by atoms with E-state index in [-0.39, 0.29) is 23.8 Å². The number of urea groups is 1. The predicted molar refractivity (Wildman–Crippen MR) is 131 cm³/mol. The van der Waals surface area contributed by atoms with Crippen LogP contribution in [0.5, 0.6) is 0 Å². The number of nitrogens with zero attached hydrogens (tertiary/aromatic N) is 2. The smallest absolute Gasteiger partial charge is 0.325 e. The first-order chi connectivity index (χ1) is 15.4. The summed E-state index contributed by atoms with van der Waals surface area (Å²) in [5, 5.41) is 3.51. The van der Waals surface area contributed by atoms with E-state index >= 15 is 0 Å². The number of rotatable bonds is 6. The van der Waals surface area contributed by atoms with Crippen LogP contribution in [0.15, 0.2) is 54.7 Å². The molecule has 0 spiro atoms. The van der Waals surface area contributed by atoms with Gasteiger partial charge in [-0.1, -0.05) is 54.9 Å². The molecule has 2 N–H and O–H groups in total. The third-order valence-electron chi connectivity index (χ3n) is 6.27. The molecule has 1 aliphatic heterocycles. The highest BCUT2D eigenvalue weighted by molar-refractivity contribution is 14.1. The van der Waals surface area contributed by atoms with Gasteiger partial charge in [-0.25, -0.2) is 9.78 Å². The number of imide groups is 1. The lowest BCUT2D eigenvalue weighted by atomic mass is 9.91. The molecule has 0 unspecified atom stereocenters. The standard InChI is InChI=1S/C24H22ClIN4O2/c1-13(14-5-3-2-4-6-14)21(30-23(31)20(15-7-8-15)29-24(30)32)22-27-12-19(28-22)17-10-9-16(26)11-18(17)25/h2-6,9-13,15,20-21H,7-8H2,1H3,(H,27,28)(H,29,32)/t13-,20-,21+/m1/s1. The van der Waals surface area contributed by atoms with E-state index in [1.807, 2.05) is 55.5 Å². The van der Waals surface area contributed by atoms with E-state index in [1.54, 1.807) is 6.20 Å². The van der Waals surface area contributed by atoms with Crippen LogP contribution in [0.4, 0.5) is 4.79 Å². The van der Waals surface area contributed by atoms with E-state index in [0.717, 1.165) is 33.2 Å². The molecule has 3 amide bonds. The van der Waals surface area contributed by atoms with Crippen molar-refractivity contribution in [2.45, 2.75) is 37.8 Å². The number of hydrogen-bond donors (Lipinski definition) is 2. The van der Waals surface area contributed by atoms with Crippen molar-refractivity contribution in [3.63, 3.8) is 0 Å².